The number of carbonyl (C=O) groups is 3. The average molecular weight is 497 g/mol. The molecule has 1 heterocycles. The van der Waals surface area contributed by atoms with Crippen LogP contribution >= 0.6 is 0 Å². The number of hydrogen-bond acceptors (Lipinski definition) is 7. The fourth-order valence-electron chi connectivity index (χ4n) is 4.74. The Bertz CT molecular complexity index is 1110. The Balaban J connectivity index is 2.08. The van der Waals surface area contributed by atoms with E-state index in [0.29, 0.717) is 48.1 Å². The summed E-state index contributed by atoms with van der Waals surface area (Å²) >= 11 is 0. The zero-order valence-corrected chi connectivity index (χ0v) is 22.0. The molecule has 0 aliphatic carbocycles. The Kier molecular flexibility index (Phi) is 9.09. The van der Waals surface area contributed by atoms with Gasteiger partial charge in [-0.2, -0.15) is 0 Å². The summed E-state index contributed by atoms with van der Waals surface area (Å²) in [5, 5.41) is 0. The van der Waals surface area contributed by atoms with Gasteiger partial charge in [-0.25, -0.2) is 0 Å². The van der Waals surface area contributed by atoms with Gasteiger partial charge in [0.05, 0.1) is 26.9 Å². The van der Waals surface area contributed by atoms with Gasteiger partial charge in [-0.1, -0.05) is 19.9 Å². The van der Waals surface area contributed by atoms with E-state index in [0.717, 1.165) is 18.7 Å². The van der Waals surface area contributed by atoms with Gasteiger partial charge in [0.15, 0.2) is 17.3 Å². The molecular formula is C28H36N2O6. The quantitative estimate of drug-likeness (QED) is 0.252. The first-order valence-corrected chi connectivity index (χ1v) is 12.4. The van der Waals surface area contributed by atoms with Gasteiger partial charge in [0, 0.05) is 18.7 Å². The van der Waals surface area contributed by atoms with Crippen molar-refractivity contribution in [3.05, 3.63) is 53.1 Å². The Morgan fingerprint density at radius 1 is 0.944 bits per heavy atom. The van der Waals surface area contributed by atoms with Crippen LogP contribution in [-0.4, -0.2) is 74.3 Å². The maximum atomic E-state index is 13.8. The predicted molar refractivity (Wildman–Crippen MR) is 137 cm³/mol. The Hall–Kier alpha value is -3.39. The molecule has 0 N–H and O–H groups in total. The maximum Gasteiger partial charge on any atom is 0.291 e. The van der Waals surface area contributed by atoms with E-state index in [1.807, 2.05) is 27.7 Å². The minimum atomic E-state index is -1.16. The van der Waals surface area contributed by atoms with Crippen LogP contribution in [0.1, 0.15) is 48.3 Å². The number of carbonyl (C=O) groups excluding carboxylic acids is 3. The second-order valence-corrected chi connectivity index (χ2v) is 8.70. The van der Waals surface area contributed by atoms with E-state index in [9.17, 15) is 14.4 Å². The van der Waals surface area contributed by atoms with E-state index in [-0.39, 0.29) is 5.78 Å². The Morgan fingerprint density at radius 3 is 2.19 bits per heavy atom. The lowest BCUT2D eigenvalue weighted by Crippen LogP contribution is -2.38. The van der Waals surface area contributed by atoms with Gasteiger partial charge in [0.1, 0.15) is 11.7 Å². The molecule has 2 unspecified atom stereocenters. The van der Waals surface area contributed by atoms with Crippen LogP contribution in [0.5, 0.6) is 17.2 Å². The van der Waals surface area contributed by atoms with Crippen LogP contribution in [0.3, 0.4) is 0 Å². The van der Waals surface area contributed by atoms with Crippen molar-refractivity contribution < 1.29 is 28.6 Å². The lowest BCUT2D eigenvalue weighted by Gasteiger charge is -2.30. The summed E-state index contributed by atoms with van der Waals surface area (Å²) in [6.07, 6.45) is 0. The van der Waals surface area contributed by atoms with Crippen LogP contribution in [0.15, 0.2) is 36.4 Å². The molecule has 1 amide bonds. The topological polar surface area (TPSA) is 85.4 Å². The van der Waals surface area contributed by atoms with Gasteiger partial charge < -0.3 is 24.0 Å². The molecule has 2 aromatic rings. The van der Waals surface area contributed by atoms with Gasteiger partial charge in [0.25, 0.3) is 5.91 Å². The summed E-state index contributed by atoms with van der Waals surface area (Å²) in [5.74, 6) is -1.19. The van der Waals surface area contributed by atoms with Crippen molar-refractivity contribution in [2.24, 2.45) is 5.92 Å². The third kappa shape index (κ3) is 5.38. The van der Waals surface area contributed by atoms with Gasteiger partial charge >= 0.3 is 0 Å². The number of rotatable bonds is 12. The number of nitrogens with zero attached hydrogens (tertiary/aromatic N) is 2. The molecule has 1 aliphatic rings. The fraction of sp³-hybridized carbons (Fsp3) is 0.464. The summed E-state index contributed by atoms with van der Waals surface area (Å²) in [5.41, 5.74) is 1.79. The third-order valence-corrected chi connectivity index (χ3v) is 6.75. The SMILES string of the molecule is CCOc1ccc(C2C(C(=O)c3ccc(OC)c(C)c3)C(=O)C(=O)N2CCN(CC)CC)cc1OC. The van der Waals surface area contributed by atoms with Crippen LogP contribution in [0.2, 0.25) is 0 Å². The zero-order valence-electron chi connectivity index (χ0n) is 22.0. The molecule has 194 valence electrons. The normalized spacial score (nSPS) is 17.6. The number of methoxy groups -OCH3 is 2. The smallest absolute Gasteiger partial charge is 0.291 e. The van der Waals surface area contributed by atoms with Crippen molar-refractivity contribution >= 4 is 17.5 Å². The van der Waals surface area contributed by atoms with Crippen molar-refractivity contribution in [3.63, 3.8) is 0 Å². The van der Waals surface area contributed by atoms with E-state index in [1.165, 1.54) is 12.0 Å². The molecule has 0 spiro atoms. The molecule has 3 rings (SSSR count). The van der Waals surface area contributed by atoms with Crippen LogP contribution in [0.4, 0.5) is 0 Å². The second-order valence-electron chi connectivity index (χ2n) is 8.70. The van der Waals surface area contributed by atoms with E-state index < -0.39 is 23.7 Å². The Labute approximate surface area is 213 Å². The average Bonchev–Trinajstić information content (AvgIpc) is 3.14. The monoisotopic (exact) mass is 496 g/mol. The fourth-order valence-corrected chi connectivity index (χ4v) is 4.74. The van der Waals surface area contributed by atoms with E-state index >= 15 is 0 Å². The summed E-state index contributed by atoms with van der Waals surface area (Å²) in [6, 6.07) is 9.61. The van der Waals surface area contributed by atoms with Crippen LogP contribution in [0, 0.1) is 12.8 Å². The first-order chi connectivity index (χ1) is 17.3. The van der Waals surface area contributed by atoms with Crippen LogP contribution in [-0.2, 0) is 9.59 Å². The van der Waals surface area contributed by atoms with E-state index in [1.54, 1.807) is 43.5 Å². The highest BCUT2D eigenvalue weighted by Gasteiger charge is 2.51. The molecule has 0 bridgehead atoms. The highest BCUT2D eigenvalue weighted by Crippen LogP contribution is 2.41. The predicted octanol–water partition coefficient (Wildman–Crippen LogP) is 3.70. The number of aryl methyl sites for hydroxylation is 1. The molecule has 0 saturated carbocycles. The summed E-state index contributed by atoms with van der Waals surface area (Å²) in [6.45, 7) is 10.8. The molecule has 0 radical (unpaired) electrons. The number of likely N-dealkylation sites (N-methyl/N-ethyl adjacent to an activating group) is 1. The van der Waals surface area contributed by atoms with E-state index in [2.05, 4.69) is 4.90 Å². The van der Waals surface area contributed by atoms with Crippen molar-refractivity contribution in [3.8, 4) is 17.2 Å². The number of likely N-dealkylation sites (tertiary alicyclic amines) is 1. The minimum Gasteiger partial charge on any atom is -0.496 e. The summed E-state index contributed by atoms with van der Waals surface area (Å²) in [7, 11) is 3.10. The molecule has 0 aromatic heterocycles. The second kappa shape index (κ2) is 12.0. The standard InChI is InChI=1S/C28H36N2O6/c1-7-29(8-2)14-15-30-25(19-10-13-22(36-9-3)23(17-19)35-6)24(27(32)28(30)33)26(31)20-11-12-21(34-5)18(4)16-20/h10-13,16-17,24-25H,7-9,14-15H2,1-6H3. The molecule has 8 heteroatoms. The zero-order chi connectivity index (χ0) is 26.4. The number of ether oxygens (including phenoxy) is 3. The minimum absolute atomic E-state index is 0.331. The highest BCUT2D eigenvalue weighted by atomic mass is 16.5. The molecule has 2 aromatic carbocycles. The van der Waals surface area contributed by atoms with Crippen molar-refractivity contribution in [2.45, 2.75) is 33.7 Å². The highest BCUT2D eigenvalue weighted by molar-refractivity contribution is 6.44. The van der Waals surface area contributed by atoms with Gasteiger partial charge in [-0.3, -0.25) is 14.4 Å². The molecule has 1 fully saturated rings. The van der Waals surface area contributed by atoms with Gasteiger partial charge in [-0.05, 0) is 68.4 Å². The molecule has 1 aliphatic heterocycles. The van der Waals surface area contributed by atoms with Crippen molar-refractivity contribution in [1.82, 2.24) is 9.80 Å². The summed E-state index contributed by atoms with van der Waals surface area (Å²) in [4.78, 5) is 44.0. The van der Waals surface area contributed by atoms with Crippen LogP contribution < -0.4 is 14.2 Å². The van der Waals surface area contributed by atoms with Gasteiger partial charge in [-0.15, -0.1) is 0 Å². The Morgan fingerprint density at radius 2 is 1.61 bits per heavy atom. The summed E-state index contributed by atoms with van der Waals surface area (Å²) < 4.78 is 16.5. The number of ketones is 2. The first-order valence-electron chi connectivity index (χ1n) is 12.4. The lowest BCUT2D eigenvalue weighted by atomic mass is 9.85. The third-order valence-electron chi connectivity index (χ3n) is 6.75. The van der Waals surface area contributed by atoms with E-state index in [4.69, 9.17) is 14.2 Å². The number of amides is 1. The van der Waals surface area contributed by atoms with Gasteiger partial charge in [0.2, 0.25) is 5.78 Å². The number of hydrogen-bond donors (Lipinski definition) is 0. The molecule has 2 atom stereocenters. The molecule has 36 heavy (non-hydrogen) atoms. The largest absolute Gasteiger partial charge is 0.496 e. The maximum absolute atomic E-state index is 13.8. The van der Waals surface area contributed by atoms with Crippen molar-refractivity contribution in [2.75, 3.05) is 47.0 Å². The molecular weight excluding hydrogens is 460 g/mol. The lowest BCUT2D eigenvalue weighted by molar-refractivity contribution is -0.140. The van der Waals surface area contributed by atoms with Crippen molar-refractivity contribution in [1.29, 1.82) is 0 Å². The van der Waals surface area contributed by atoms with Crippen LogP contribution in [0.25, 0.3) is 0 Å². The molecule has 1 saturated heterocycles. The molecule has 8 nitrogen and oxygen atoms in total. The number of Topliss-reactive ketones (excluding diaryl/α,β-unsaturated/α-hetero) is 2. The number of benzene rings is 2. The first kappa shape index (κ1) is 27.2.